The van der Waals surface area contributed by atoms with E-state index in [2.05, 4.69) is 254 Å². The standard InChI is InChI=1S/C51H7NO3/c1-3-5-7-9-11-13-15-17-19-21-23-25-27-29-31-33-35-37-39-41-45-54-50-44-43-49(48-52-53)51(47-50)55-46-42-40-38-36-34-32-30-28-26-24-22-20-18-16-14-12-10-8-6-4-2/h1-2,43-44,47-48,53H/b52-48-. The van der Waals surface area contributed by atoms with Crippen molar-refractivity contribution >= 4 is 6.21 Å². The molecule has 0 saturated carbocycles. The molecule has 1 N–H and O–H groups in total. The van der Waals surface area contributed by atoms with E-state index in [1.54, 1.807) is 12.1 Å². The van der Waals surface area contributed by atoms with Gasteiger partial charge in [-0.05, 0) is 107 Å². The Morgan fingerprint density at radius 3 is 0.945 bits per heavy atom. The maximum absolute atomic E-state index is 8.93. The van der Waals surface area contributed by atoms with E-state index in [-0.39, 0.29) is 5.75 Å². The molecule has 0 bridgehead atoms. The van der Waals surface area contributed by atoms with Crippen LogP contribution in [0, 0.1) is 262 Å². The number of hydrogen-bond acceptors (Lipinski definition) is 4. The number of terminal acetylenes is 2. The Kier molecular flexibility index (Phi) is 25.7. The van der Waals surface area contributed by atoms with Crippen molar-refractivity contribution in [3.05, 3.63) is 23.8 Å². The van der Waals surface area contributed by atoms with Gasteiger partial charge >= 0.3 is 0 Å². The van der Waals surface area contributed by atoms with Crippen LogP contribution >= 0.6 is 0 Å². The average Bonchev–Trinajstić information content (AvgIpc) is 3.20. The Hall–Kier alpha value is -11.4. The first kappa shape index (κ1) is 41.6. The van der Waals surface area contributed by atoms with Crippen molar-refractivity contribution in [3.8, 4) is 273 Å². The molecule has 0 radical (unpaired) electrons. The van der Waals surface area contributed by atoms with Gasteiger partial charge < -0.3 is 14.7 Å². The molecule has 0 aliphatic carbocycles. The number of nitrogens with zero attached hydrogens (tertiary/aromatic N) is 1. The average molecular weight is 682 g/mol. The van der Waals surface area contributed by atoms with Gasteiger partial charge in [0, 0.05) is 154 Å². The van der Waals surface area contributed by atoms with Crippen molar-refractivity contribution < 1.29 is 14.7 Å². The number of oxime groups is 1. The zero-order chi connectivity index (χ0) is 39.4. The topological polar surface area (TPSA) is 51.0 Å². The van der Waals surface area contributed by atoms with E-state index in [0.717, 1.165) is 6.21 Å². The summed E-state index contributed by atoms with van der Waals surface area (Å²) < 4.78 is 10.7. The molecule has 1 aromatic rings. The maximum atomic E-state index is 8.93. The summed E-state index contributed by atoms with van der Waals surface area (Å²) in [6, 6.07) is 4.59. The lowest BCUT2D eigenvalue weighted by molar-refractivity contribution is 0.321. The van der Waals surface area contributed by atoms with E-state index in [1.165, 1.54) is 6.07 Å². The molecule has 1 rings (SSSR count). The van der Waals surface area contributed by atoms with Crippen LogP contribution < -0.4 is 9.47 Å². The Morgan fingerprint density at radius 2 is 0.655 bits per heavy atom. The molecule has 0 amide bonds. The van der Waals surface area contributed by atoms with Crippen molar-refractivity contribution in [3.63, 3.8) is 0 Å². The quantitative estimate of drug-likeness (QED) is 0.228. The van der Waals surface area contributed by atoms with E-state index < -0.39 is 0 Å². The zero-order valence-corrected chi connectivity index (χ0v) is 27.7. The van der Waals surface area contributed by atoms with Crippen LogP contribution in [0.25, 0.3) is 0 Å². The van der Waals surface area contributed by atoms with Crippen molar-refractivity contribution in [1.82, 2.24) is 0 Å². The van der Waals surface area contributed by atoms with Gasteiger partial charge in [0.25, 0.3) is 0 Å². The Labute approximate surface area is 322 Å². The van der Waals surface area contributed by atoms with Gasteiger partial charge in [-0.2, -0.15) is 0 Å². The predicted molar refractivity (Wildman–Crippen MR) is 210 cm³/mol. The highest BCUT2D eigenvalue weighted by molar-refractivity contribution is 5.83. The number of rotatable bonds is 3. The summed E-state index contributed by atoms with van der Waals surface area (Å²) in [6.45, 7) is 0. The Morgan fingerprint density at radius 1 is 0.382 bits per heavy atom. The number of ether oxygens (including phenoxy) is 2. The van der Waals surface area contributed by atoms with E-state index in [1.807, 2.05) is 0 Å². The summed E-state index contributed by atoms with van der Waals surface area (Å²) in [5.41, 5.74) is 0.401. The summed E-state index contributed by atoms with van der Waals surface area (Å²) >= 11 is 0. The van der Waals surface area contributed by atoms with E-state index in [0.29, 0.717) is 11.3 Å². The summed E-state index contributed by atoms with van der Waals surface area (Å²) in [7, 11) is 0. The minimum atomic E-state index is 0.206. The summed E-state index contributed by atoms with van der Waals surface area (Å²) in [4.78, 5) is 0. The minimum absolute atomic E-state index is 0.206. The van der Waals surface area contributed by atoms with Crippen LogP contribution in [0.4, 0.5) is 0 Å². The fraction of sp³-hybridized carbons (Fsp3) is 0. The molecule has 234 valence electrons. The fourth-order valence-corrected chi connectivity index (χ4v) is 2.19. The third-order valence-corrected chi connectivity index (χ3v) is 4.01. The summed E-state index contributed by atoms with van der Waals surface area (Å²) in [5.74, 6) is 98.5. The Balaban J connectivity index is 2.67. The van der Waals surface area contributed by atoms with Crippen LogP contribution in [0.3, 0.4) is 0 Å². The van der Waals surface area contributed by atoms with Crippen LogP contribution in [0.1, 0.15) is 5.56 Å². The van der Waals surface area contributed by atoms with Crippen molar-refractivity contribution in [2.24, 2.45) is 5.16 Å². The summed E-state index contributed by atoms with van der Waals surface area (Å²) in [5, 5.41) is 11.9. The van der Waals surface area contributed by atoms with Crippen molar-refractivity contribution in [2.75, 3.05) is 0 Å². The second-order valence-corrected chi connectivity index (χ2v) is 7.39. The lowest BCUT2D eigenvalue weighted by Crippen LogP contribution is -1.92. The maximum Gasteiger partial charge on any atom is 0.152 e. The molecule has 0 atom stereocenters. The smallest absolute Gasteiger partial charge is 0.152 e. The molecule has 0 unspecified atom stereocenters. The van der Waals surface area contributed by atoms with Crippen LogP contribution in [0.2, 0.25) is 0 Å². The minimum Gasteiger partial charge on any atom is -0.411 e. The largest absolute Gasteiger partial charge is 0.411 e. The molecule has 0 aliphatic heterocycles. The molecule has 55 heavy (non-hydrogen) atoms. The van der Waals surface area contributed by atoms with Crippen LogP contribution in [0.5, 0.6) is 11.5 Å². The first-order valence-corrected chi connectivity index (χ1v) is 13.9. The molecule has 0 spiro atoms. The first-order chi connectivity index (χ1) is 27.3. The van der Waals surface area contributed by atoms with Gasteiger partial charge in [-0.3, -0.25) is 0 Å². The third-order valence-electron chi connectivity index (χ3n) is 4.01. The highest BCUT2D eigenvalue weighted by Gasteiger charge is 2.04. The molecule has 0 heterocycles. The molecule has 1 aromatic carbocycles. The van der Waals surface area contributed by atoms with E-state index in [4.69, 9.17) is 27.5 Å². The predicted octanol–water partition coefficient (Wildman–Crippen LogP) is 1.50. The highest BCUT2D eigenvalue weighted by Crippen LogP contribution is 2.23. The monoisotopic (exact) mass is 681 g/mol. The van der Waals surface area contributed by atoms with Gasteiger partial charge in [0.1, 0.15) is 18.0 Å². The first-order valence-electron chi connectivity index (χ1n) is 13.9. The molecule has 4 heteroatoms. The van der Waals surface area contributed by atoms with Gasteiger partial charge in [-0.1, -0.05) is 5.16 Å². The van der Waals surface area contributed by atoms with Crippen LogP contribution in [-0.2, 0) is 0 Å². The number of hydrogen-bond donors (Lipinski definition) is 1. The van der Waals surface area contributed by atoms with E-state index in [9.17, 15) is 0 Å². The second-order valence-electron chi connectivity index (χ2n) is 7.39. The molecule has 0 fully saturated rings. The van der Waals surface area contributed by atoms with Crippen LogP contribution in [0.15, 0.2) is 23.4 Å². The zero-order valence-electron chi connectivity index (χ0n) is 27.7. The molecule has 0 saturated heterocycles. The second kappa shape index (κ2) is 34.0. The lowest BCUT2D eigenvalue weighted by atomic mass is 10.2. The SMILES string of the molecule is C#CC#CC#CC#CC#CC#CC#CC#CC#CC#CC#COc1ccc(/C=N\O)c(OC#CC#CC#CC#CC#CC#CC#CC#CC#CC#CC#C)c1. The lowest BCUT2D eigenvalue weighted by Gasteiger charge is -2.04. The Bertz CT molecular complexity index is 3190. The van der Waals surface area contributed by atoms with Crippen LogP contribution in [-0.4, -0.2) is 11.4 Å². The van der Waals surface area contributed by atoms with Gasteiger partial charge in [0.15, 0.2) is 5.75 Å². The molecule has 0 aliphatic rings. The summed E-state index contributed by atoms with van der Waals surface area (Å²) in [6.07, 6.45) is 15.8. The molecular formula is C51H7NO3. The molecule has 4 nitrogen and oxygen atoms in total. The fourth-order valence-electron chi connectivity index (χ4n) is 2.19. The highest BCUT2D eigenvalue weighted by atomic mass is 16.5. The van der Waals surface area contributed by atoms with Gasteiger partial charge in [0.2, 0.25) is 0 Å². The molecule has 0 aromatic heterocycles. The number of benzene rings is 1. The van der Waals surface area contributed by atoms with Gasteiger partial charge in [0.05, 0.1) is 6.21 Å². The van der Waals surface area contributed by atoms with Crippen molar-refractivity contribution in [2.45, 2.75) is 0 Å². The van der Waals surface area contributed by atoms with Gasteiger partial charge in [-0.25, -0.2) is 0 Å². The molecular weight excluding hydrogens is 675 g/mol. The third kappa shape index (κ3) is 27.4. The van der Waals surface area contributed by atoms with Crippen molar-refractivity contribution in [1.29, 1.82) is 0 Å². The normalized spacial score (nSPS) is 5.42. The van der Waals surface area contributed by atoms with Gasteiger partial charge in [-0.15, -0.1) is 12.8 Å². The van der Waals surface area contributed by atoms with E-state index >= 15 is 0 Å².